The van der Waals surface area contributed by atoms with Gasteiger partial charge in [0, 0.05) is 17.7 Å². The Morgan fingerprint density at radius 1 is 1.09 bits per heavy atom. The number of carbonyl (C=O) groups excluding carboxylic acids is 2. The number of hydrogen-bond donors (Lipinski definition) is 1. The number of nitrogens with zero attached hydrogens (tertiary/aromatic N) is 2. The highest BCUT2D eigenvalue weighted by atomic mass is 32.2. The first-order chi connectivity index (χ1) is 16.0. The van der Waals surface area contributed by atoms with Crippen molar-refractivity contribution in [2.45, 2.75) is 51.3 Å². The van der Waals surface area contributed by atoms with Crippen molar-refractivity contribution in [2.24, 2.45) is 5.10 Å². The Balaban J connectivity index is 1.78. The highest BCUT2D eigenvalue weighted by molar-refractivity contribution is 8.14. The van der Waals surface area contributed by atoms with Crippen molar-refractivity contribution in [3.63, 3.8) is 0 Å². The van der Waals surface area contributed by atoms with Gasteiger partial charge in [-0.1, -0.05) is 44.2 Å². The molecule has 0 aliphatic carbocycles. The van der Waals surface area contributed by atoms with Crippen molar-refractivity contribution in [3.05, 3.63) is 53.6 Å². The summed E-state index contributed by atoms with van der Waals surface area (Å²) in [5.74, 6) is 1.28. The van der Waals surface area contributed by atoms with Gasteiger partial charge in [0.05, 0.1) is 31.7 Å². The largest absolute Gasteiger partial charge is 0.493 e. The molecule has 33 heavy (non-hydrogen) atoms. The molecule has 0 fully saturated rings. The summed E-state index contributed by atoms with van der Waals surface area (Å²) in [6.45, 7) is 4.46. The summed E-state index contributed by atoms with van der Waals surface area (Å²) in [6.07, 6.45) is 3.16. The second-order valence-corrected chi connectivity index (χ2v) is 8.90. The van der Waals surface area contributed by atoms with E-state index in [-0.39, 0.29) is 16.4 Å². The van der Waals surface area contributed by atoms with Crippen LogP contribution in [0.4, 0.5) is 10.5 Å². The van der Waals surface area contributed by atoms with Crippen molar-refractivity contribution >= 4 is 34.3 Å². The molecule has 0 aromatic heterocycles. The number of thioether (sulfide) groups is 1. The number of rotatable bonds is 10. The quantitative estimate of drug-likeness (QED) is 0.484. The summed E-state index contributed by atoms with van der Waals surface area (Å²) < 4.78 is 10.8. The number of benzene rings is 2. The van der Waals surface area contributed by atoms with Crippen LogP contribution in [-0.4, -0.2) is 41.3 Å². The van der Waals surface area contributed by atoms with Gasteiger partial charge in [-0.15, -0.1) is 0 Å². The van der Waals surface area contributed by atoms with Crippen LogP contribution in [0, 0.1) is 0 Å². The van der Waals surface area contributed by atoms with Gasteiger partial charge in [0.25, 0.3) is 0 Å². The Labute approximate surface area is 199 Å². The first-order valence-corrected chi connectivity index (χ1v) is 12.0. The summed E-state index contributed by atoms with van der Waals surface area (Å²) in [7, 11) is 3.20. The molecule has 1 aliphatic rings. The van der Waals surface area contributed by atoms with E-state index in [4.69, 9.17) is 14.6 Å². The van der Waals surface area contributed by atoms with Crippen LogP contribution < -0.4 is 14.8 Å². The average molecular weight is 470 g/mol. The van der Waals surface area contributed by atoms with Crippen molar-refractivity contribution in [1.82, 2.24) is 5.01 Å². The number of hydrazone groups is 1. The Bertz CT molecular complexity index is 1010. The maximum Gasteiger partial charge on any atom is 0.302 e. The van der Waals surface area contributed by atoms with E-state index in [2.05, 4.69) is 12.2 Å². The van der Waals surface area contributed by atoms with Gasteiger partial charge in [0.1, 0.15) is 0 Å². The van der Waals surface area contributed by atoms with Gasteiger partial charge < -0.3 is 14.8 Å². The predicted octanol–water partition coefficient (Wildman–Crippen LogP) is 5.68. The average Bonchev–Trinajstić information content (AvgIpc) is 2.84. The van der Waals surface area contributed by atoms with Crippen molar-refractivity contribution in [1.29, 1.82) is 0 Å². The number of amides is 2. The Morgan fingerprint density at radius 2 is 1.82 bits per heavy atom. The zero-order chi connectivity index (χ0) is 23.8. The number of unbranched alkanes of at least 4 members (excludes halogenated alkanes) is 1. The zero-order valence-corrected chi connectivity index (χ0v) is 20.4. The number of methoxy groups -OCH3 is 2. The SMILES string of the molecule is CCCCC(=O)Nc1ccc(CN2N=C(c3ccc(OC)c(OC)c3)C(CC)SC2=O)cc1. The van der Waals surface area contributed by atoms with Crippen LogP contribution in [0.2, 0.25) is 0 Å². The minimum absolute atomic E-state index is 0.0157. The Kier molecular flexibility index (Phi) is 8.77. The predicted molar refractivity (Wildman–Crippen MR) is 133 cm³/mol. The maximum atomic E-state index is 12.8. The summed E-state index contributed by atoms with van der Waals surface area (Å²) >= 11 is 1.29. The standard InChI is InChI=1S/C25H31N3O4S/c1-5-7-8-23(29)26-19-12-9-17(10-13-19)16-28-25(30)33-22(6-2)24(27-28)18-11-14-20(31-3)21(15-18)32-4/h9-15,22H,5-8,16H2,1-4H3,(H,26,29). The first-order valence-electron chi connectivity index (χ1n) is 11.2. The number of carbonyl (C=O) groups is 2. The van der Waals surface area contributed by atoms with Crippen LogP contribution in [0.25, 0.3) is 0 Å². The van der Waals surface area contributed by atoms with E-state index >= 15 is 0 Å². The molecular weight excluding hydrogens is 438 g/mol. The topological polar surface area (TPSA) is 80.2 Å². The summed E-state index contributed by atoms with van der Waals surface area (Å²) in [5, 5.41) is 9.02. The second-order valence-electron chi connectivity index (χ2n) is 7.74. The Hall–Kier alpha value is -3.00. The third kappa shape index (κ3) is 6.28. The summed E-state index contributed by atoms with van der Waals surface area (Å²) in [5.41, 5.74) is 3.41. The lowest BCUT2D eigenvalue weighted by atomic mass is 10.0. The Morgan fingerprint density at radius 3 is 2.45 bits per heavy atom. The van der Waals surface area contributed by atoms with Gasteiger partial charge >= 0.3 is 5.24 Å². The molecule has 2 amide bonds. The summed E-state index contributed by atoms with van der Waals surface area (Å²) in [6, 6.07) is 13.2. The molecule has 176 valence electrons. The van der Waals surface area contributed by atoms with E-state index in [1.807, 2.05) is 49.4 Å². The van der Waals surface area contributed by atoms with Crippen LogP contribution in [0.3, 0.4) is 0 Å². The lowest BCUT2D eigenvalue weighted by Gasteiger charge is -2.28. The molecule has 0 radical (unpaired) electrons. The highest BCUT2D eigenvalue weighted by Crippen LogP contribution is 2.33. The molecule has 1 unspecified atom stereocenters. The van der Waals surface area contributed by atoms with Gasteiger partial charge in [-0.2, -0.15) is 5.10 Å². The van der Waals surface area contributed by atoms with Crippen molar-refractivity contribution in [3.8, 4) is 11.5 Å². The molecule has 0 spiro atoms. The fourth-order valence-electron chi connectivity index (χ4n) is 3.52. The van der Waals surface area contributed by atoms with Crippen LogP contribution >= 0.6 is 11.8 Å². The molecule has 1 aliphatic heterocycles. The van der Waals surface area contributed by atoms with E-state index in [1.165, 1.54) is 16.8 Å². The van der Waals surface area contributed by atoms with E-state index in [1.54, 1.807) is 14.2 Å². The lowest BCUT2D eigenvalue weighted by Crippen LogP contribution is -2.34. The maximum absolute atomic E-state index is 12.8. The van der Waals surface area contributed by atoms with Crippen LogP contribution in [-0.2, 0) is 11.3 Å². The van der Waals surface area contributed by atoms with Gasteiger partial charge in [-0.05, 0) is 48.7 Å². The van der Waals surface area contributed by atoms with Crippen LogP contribution in [0.1, 0.15) is 50.7 Å². The monoisotopic (exact) mass is 469 g/mol. The fourth-order valence-corrected chi connectivity index (χ4v) is 4.45. The van der Waals surface area contributed by atoms with E-state index in [0.717, 1.165) is 41.8 Å². The van der Waals surface area contributed by atoms with E-state index in [0.29, 0.717) is 24.5 Å². The number of ether oxygens (including phenoxy) is 2. The molecule has 2 aromatic rings. The molecule has 1 heterocycles. The van der Waals surface area contributed by atoms with Crippen molar-refractivity contribution in [2.75, 3.05) is 19.5 Å². The molecule has 8 heteroatoms. The third-order valence-corrected chi connectivity index (χ3v) is 6.62. The van der Waals surface area contributed by atoms with E-state index < -0.39 is 0 Å². The second kappa shape index (κ2) is 11.7. The zero-order valence-electron chi connectivity index (χ0n) is 19.6. The molecule has 1 atom stereocenters. The normalized spacial score (nSPS) is 15.8. The third-order valence-electron chi connectivity index (χ3n) is 5.36. The lowest BCUT2D eigenvalue weighted by molar-refractivity contribution is -0.116. The van der Waals surface area contributed by atoms with Gasteiger partial charge in [0.15, 0.2) is 11.5 Å². The number of anilines is 1. The number of hydrogen-bond acceptors (Lipinski definition) is 6. The molecular formula is C25H31N3O4S. The molecule has 0 saturated carbocycles. The van der Waals surface area contributed by atoms with E-state index in [9.17, 15) is 9.59 Å². The van der Waals surface area contributed by atoms with Gasteiger partial charge in [0.2, 0.25) is 5.91 Å². The smallest absolute Gasteiger partial charge is 0.302 e. The van der Waals surface area contributed by atoms with Crippen LogP contribution in [0.5, 0.6) is 11.5 Å². The first kappa shape index (κ1) is 24.6. The highest BCUT2D eigenvalue weighted by Gasteiger charge is 2.30. The molecule has 3 rings (SSSR count). The molecule has 7 nitrogen and oxygen atoms in total. The van der Waals surface area contributed by atoms with Gasteiger partial charge in [-0.25, -0.2) is 5.01 Å². The number of nitrogens with one attached hydrogen (secondary N) is 1. The molecule has 1 N–H and O–H groups in total. The molecule has 0 bridgehead atoms. The molecule has 2 aromatic carbocycles. The minimum atomic E-state index is -0.0805. The molecule has 0 saturated heterocycles. The van der Waals surface area contributed by atoms with Crippen LogP contribution in [0.15, 0.2) is 47.6 Å². The van der Waals surface area contributed by atoms with Gasteiger partial charge in [-0.3, -0.25) is 9.59 Å². The fraction of sp³-hybridized carbons (Fsp3) is 0.400. The van der Waals surface area contributed by atoms with Crippen molar-refractivity contribution < 1.29 is 19.1 Å². The summed E-state index contributed by atoms with van der Waals surface area (Å²) in [4.78, 5) is 24.7. The minimum Gasteiger partial charge on any atom is -0.493 e.